The van der Waals surface area contributed by atoms with Crippen molar-refractivity contribution in [1.29, 1.82) is 0 Å². The van der Waals surface area contributed by atoms with Crippen LogP contribution >= 0.6 is 11.6 Å². The van der Waals surface area contributed by atoms with Crippen LogP contribution in [0.1, 0.15) is 16.7 Å². The minimum absolute atomic E-state index is 0.627. The van der Waals surface area contributed by atoms with Gasteiger partial charge in [-0.05, 0) is 29.7 Å². The molecule has 4 heteroatoms. The SMILES string of the molecule is Cc1cccc(Cl)c1N=CNN=C1c2ccccc2-c2ccccc21. The highest BCUT2D eigenvalue weighted by Gasteiger charge is 2.23. The Balaban J connectivity index is 1.65. The molecule has 0 atom stereocenters. The number of hydrogen-bond donors (Lipinski definition) is 1. The van der Waals surface area contributed by atoms with Crippen molar-refractivity contribution in [3.63, 3.8) is 0 Å². The smallest absolute Gasteiger partial charge is 0.109 e. The second-order valence-electron chi connectivity index (χ2n) is 5.84. The number of benzene rings is 3. The molecule has 3 aromatic carbocycles. The normalized spacial score (nSPS) is 12.2. The van der Waals surface area contributed by atoms with Crippen LogP contribution in [-0.4, -0.2) is 12.1 Å². The summed E-state index contributed by atoms with van der Waals surface area (Å²) in [4.78, 5) is 4.40. The Bertz CT molecular complexity index is 938. The summed E-state index contributed by atoms with van der Waals surface area (Å²) in [6.45, 7) is 1.98. The minimum Gasteiger partial charge on any atom is -0.267 e. The lowest BCUT2D eigenvalue weighted by atomic mass is 10.1. The van der Waals surface area contributed by atoms with Gasteiger partial charge in [0.25, 0.3) is 0 Å². The molecule has 0 amide bonds. The first-order valence-corrected chi connectivity index (χ1v) is 8.43. The van der Waals surface area contributed by atoms with Crippen molar-refractivity contribution >= 4 is 29.3 Å². The van der Waals surface area contributed by atoms with Crippen molar-refractivity contribution < 1.29 is 0 Å². The maximum Gasteiger partial charge on any atom is 0.109 e. The summed E-state index contributed by atoms with van der Waals surface area (Å²) < 4.78 is 0. The third-order valence-electron chi connectivity index (χ3n) is 4.27. The van der Waals surface area contributed by atoms with Crippen molar-refractivity contribution in [1.82, 2.24) is 5.43 Å². The maximum atomic E-state index is 6.19. The lowest BCUT2D eigenvalue weighted by Crippen LogP contribution is -2.08. The first-order chi connectivity index (χ1) is 12.3. The molecule has 0 radical (unpaired) electrons. The summed E-state index contributed by atoms with van der Waals surface area (Å²) in [5, 5.41) is 5.18. The van der Waals surface area contributed by atoms with Crippen LogP contribution in [0.4, 0.5) is 5.69 Å². The number of rotatable bonds is 3. The number of aryl methyl sites for hydroxylation is 1. The molecule has 0 aliphatic heterocycles. The van der Waals surface area contributed by atoms with E-state index in [1.807, 2.05) is 49.4 Å². The molecule has 0 unspecified atom stereocenters. The second kappa shape index (κ2) is 6.54. The zero-order valence-corrected chi connectivity index (χ0v) is 14.5. The van der Waals surface area contributed by atoms with Gasteiger partial charge < -0.3 is 0 Å². The van der Waals surface area contributed by atoms with Gasteiger partial charge in [-0.25, -0.2) is 4.99 Å². The van der Waals surface area contributed by atoms with E-state index in [-0.39, 0.29) is 0 Å². The van der Waals surface area contributed by atoms with E-state index in [4.69, 9.17) is 11.6 Å². The fourth-order valence-corrected chi connectivity index (χ4v) is 3.36. The van der Waals surface area contributed by atoms with Crippen LogP contribution in [0, 0.1) is 6.92 Å². The zero-order chi connectivity index (χ0) is 17.2. The quantitative estimate of drug-likeness (QED) is 0.304. The van der Waals surface area contributed by atoms with E-state index in [1.165, 1.54) is 11.1 Å². The van der Waals surface area contributed by atoms with Gasteiger partial charge in [0.15, 0.2) is 0 Å². The average Bonchev–Trinajstić information content (AvgIpc) is 2.95. The van der Waals surface area contributed by atoms with E-state index < -0.39 is 0 Å². The van der Waals surface area contributed by atoms with Crippen molar-refractivity contribution in [3.05, 3.63) is 88.4 Å². The molecular formula is C21H16ClN3. The molecule has 3 aromatic rings. The largest absolute Gasteiger partial charge is 0.267 e. The van der Waals surface area contributed by atoms with E-state index in [0.29, 0.717) is 5.02 Å². The van der Waals surface area contributed by atoms with E-state index in [1.54, 1.807) is 6.34 Å². The highest BCUT2D eigenvalue weighted by molar-refractivity contribution is 6.33. The van der Waals surface area contributed by atoms with Crippen LogP contribution in [0.15, 0.2) is 76.8 Å². The van der Waals surface area contributed by atoms with Crippen LogP contribution < -0.4 is 5.43 Å². The molecule has 0 aromatic heterocycles. The van der Waals surface area contributed by atoms with Gasteiger partial charge in [-0.2, -0.15) is 5.10 Å². The van der Waals surface area contributed by atoms with Gasteiger partial charge in [0, 0.05) is 11.1 Å². The first-order valence-electron chi connectivity index (χ1n) is 8.06. The predicted octanol–water partition coefficient (Wildman–Crippen LogP) is 5.33. The van der Waals surface area contributed by atoms with Crippen LogP contribution in [0.25, 0.3) is 11.1 Å². The third-order valence-corrected chi connectivity index (χ3v) is 4.58. The molecular weight excluding hydrogens is 330 g/mol. The topological polar surface area (TPSA) is 36.8 Å². The van der Waals surface area contributed by atoms with E-state index in [9.17, 15) is 0 Å². The molecule has 4 rings (SSSR count). The number of hydrazone groups is 1. The van der Waals surface area contributed by atoms with Crippen LogP contribution in [0.2, 0.25) is 5.02 Å². The Morgan fingerprint density at radius 1 is 0.800 bits per heavy atom. The highest BCUT2D eigenvalue weighted by atomic mass is 35.5. The number of hydrogen-bond acceptors (Lipinski definition) is 2. The van der Waals surface area contributed by atoms with Crippen molar-refractivity contribution in [2.75, 3.05) is 0 Å². The lowest BCUT2D eigenvalue weighted by Gasteiger charge is -2.03. The number of nitrogens with one attached hydrogen (secondary N) is 1. The Morgan fingerprint density at radius 2 is 1.40 bits per heavy atom. The standard InChI is InChI=1S/C21H16ClN3/c1-14-7-6-12-19(22)20(14)23-13-24-25-21-17-10-4-2-8-15(17)16-9-3-5-11-18(16)21/h2-13H,1H3,(H,23,24). The van der Waals surface area contributed by atoms with Gasteiger partial charge in [0.2, 0.25) is 0 Å². The molecule has 0 fully saturated rings. The molecule has 1 aliphatic rings. The van der Waals surface area contributed by atoms with Crippen molar-refractivity contribution in [2.45, 2.75) is 6.92 Å². The first kappa shape index (κ1) is 15.6. The summed E-state index contributed by atoms with van der Waals surface area (Å²) in [6.07, 6.45) is 1.57. The lowest BCUT2D eigenvalue weighted by molar-refractivity contribution is 1.05. The number of para-hydroxylation sites is 1. The molecule has 1 aliphatic carbocycles. The number of halogens is 1. The molecule has 0 bridgehead atoms. The predicted molar refractivity (Wildman–Crippen MR) is 105 cm³/mol. The van der Waals surface area contributed by atoms with Crippen molar-refractivity contribution in [2.24, 2.45) is 10.1 Å². The summed E-state index contributed by atoms with van der Waals surface area (Å²) >= 11 is 6.19. The second-order valence-corrected chi connectivity index (χ2v) is 6.25. The fourth-order valence-electron chi connectivity index (χ4n) is 3.09. The van der Waals surface area contributed by atoms with Gasteiger partial charge >= 0.3 is 0 Å². The fraction of sp³-hybridized carbons (Fsp3) is 0.0476. The van der Waals surface area contributed by atoms with Crippen molar-refractivity contribution in [3.8, 4) is 11.1 Å². The Hall–Kier alpha value is -2.91. The molecule has 3 nitrogen and oxygen atoms in total. The average molecular weight is 346 g/mol. The molecule has 0 heterocycles. The summed E-state index contributed by atoms with van der Waals surface area (Å²) in [5.74, 6) is 0. The monoisotopic (exact) mass is 345 g/mol. The highest BCUT2D eigenvalue weighted by Crippen LogP contribution is 2.36. The number of fused-ring (bicyclic) bond motifs is 3. The Kier molecular flexibility index (Phi) is 4.08. The molecule has 0 saturated carbocycles. The summed E-state index contributed by atoms with van der Waals surface area (Å²) in [6, 6.07) is 22.3. The van der Waals surface area contributed by atoms with Gasteiger partial charge in [0.1, 0.15) is 6.34 Å². The zero-order valence-electron chi connectivity index (χ0n) is 13.7. The number of aliphatic imine (C=N–C) groups is 1. The maximum absolute atomic E-state index is 6.19. The van der Waals surface area contributed by atoms with Gasteiger partial charge in [-0.3, -0.25) is 5.43 Å². The Morgan fingerprint density at radius 3 is 2.00 bits per heavy atom. The Labute approximate surface area is 151 Å². The van der Waals surface area contributed by atoms with Crippen LogP contribution in [0.5, 0.6) is 0 Å². The molecule has 0 spiro atoms. The third kappa shape index (κ3) is 2.83. The van der Waals surface area contributed by atoms with Crippen LogP contribution in [0.3, 0.4) is 0 Å². The van der Waals surface area contributed by atoms with Gasteiger partial charge in [-0.15, -0.1) is 0 Å². The molecule has 122 valence electrons. The molecule has 0 saturated heterocycles. The van der Waals surface area contributed by atoms with Gasteiger partial charge in [-0.1, -0.05) is 72.3 Å². The molecule has 1 N–H and O–H groups in total. The number of nitrogens with zero attached hydrogens (tertiary/aromatic N) is 2. The molecule has 25 heavy (non-hydrogen) atoms. The summed E-state index contributed by atoms with van der Waals surface area (Å²) in [7, 11) is 0. The van der Waals surface area contributed by atoms with E-state index in [2.05, 4.69) is 39.8 Å². The van der Waals surface area contributed by atoms with Gasteiger partial charge in [0.05, 0.1) is 16.4 Å². The van der Waals surface area contributed by atoms with E-state index in [0.717, 1.165) is 28.1 Å². The van der Waals surface area contributed by atoms with Crippen LogP contribution in [-0.2, 0) is 0 Å². The summed E-state index contributed by atoms with van der Waals surface area (Å²) in [5.41, 5.74) is 10.3. The minimum atomic E-state index is 0.627. The van der Waals surface area contributed by atoms with E-state index >= 15 is 0 Å².